The van der Waals surface area contributed by atoms with Crippen LogP contribution in [0, 0.1) is 5.82 Å². The van der Waals surface area contributed by atoms with Crippen molar-refractivity contribution in [2.24, 2.45) is 0 Å². The van der Waals surface area contributed by atoms with Crippen molar-refractivity contribution in [3.63, 3.8) is 0 Å². The highest BCUT2D eigenvalue weighted by Crippen LogP contribution is 2.22. The average Bonchev–Trinajstić information content (AvgIpc) is 3.12. The van der Waals surface area contributed by atoms with Gasteiger partial charge in [0.25, 0.3) is 0 Å². The molecule has 13 nitrogen and oxygen atoms in total. The number of benzene rings is 1. The number of pyridine rings is 2. The Morgan fingerprint density at radius 2 is 1.31 bits per heavy atom. The third-order valence-corrected chi connectivity index (χ3v) is 9.35. The Labute approximate surface area is 313 Å². The first-order chi connectivity index (χ1) is 24.6. The van der Waals surface area contributed by atoms with Crippen molar-refractivity contribution in [2.45, 2.75) is 71.1 Å². The molecule has 0 spiro atoms. The zero-order chi connectivity index (χ0) is 38.0. The molecule has 1 aromatic carbocycles. The number of aromatic nitrogens is 2. The van der Waals surface area contributed by atoms with E-state index in [-0.39, 0.29) is 42.0 Å². The highest BCUT2D eigenvalue weighted by Gasteiger charge is 2.30. The minimum Gasteiger partial charge on any atom is -0.444 e. The topological polar surface area (TPSA) is 140 Å². The average molecular weight is 784 g/mol. The molecule has 3 aromatic rings. The zero-order valence-electron chi connectivity index (χ0n) is 30.6. The summed E-state index contributed by atoms with van der Waals surface area (Å²) in [6, 6.07) is 13.1. The predicted octanol–water partition coefficient (Wildman–Crippen LogP) is 7.07. The van der Waals surface area contributed by atoms with Crippen molar-refractivity contribution in [2.75, 3.05) is 50.9 Å². The van der Waals surface area contributed by atoms with Crippen LogP contribution in [0.4, 0.5) is 30.4 Å². The van der Waals surface area contributed by atoms with Crippen LogP contribution in [0.5, 0.6) is 0 Å². The summed E-state index contributed by atoms with van der Waals surface area (Å²) < 4.78 is 19.6. The summed E-state index contributed by atoms with van der Waals surface area (Å²) in [5, 5.41) is 5.57. The monoisotopic (exact) mass is 782 g/mol. The highest BCUT2D eigenvalue weighted by atomic mass is 79.9. The summed E-state index contributed by atoms with van der Waals surface area (Å²) >= 11 is 3.31. The fourth-order valence-corrected chi connectivity index (χ4v) is 6.05. The highest BCUT2D eigenvalue weighted by molar-refractivity contribution is 9.10. The molecule has 2 aliphatic rings. The fourth-order valence-electron chi connectivity index (χ4n) is 5.81. The molecule has 0 aliphatic carbocycles. The molecule has 0 atom stereocenters. The maximum absolute atomic E-state index is 13.3. The number of amides is 6. The number of halogens is 2. The van der Waals surface area contributed by atoms with Crippen LogP contribution in [0.15, 0.2) is 65.4 Å². The van der Waals surface area contributed by atoms with Crippen LogP contribution >= 0.6 is 15.9 Å². The third-order valence-electron chi connectivity index (χ3n) is 8.88. The summed E-state index contributed by atoms with van der Waals surface area (Å²) in [4.78, 5) is 63.6. The van der Waals surface area contributed by atoms with Gasteiger partial charge in [0.1, 0.15) is 23.1 Å². The Kier molecular flexibility index (Phi) is 13.9. The van der Waals surface area contributed by atoms with E-state index < -0.39 is 5.60 Å². The van der Waals surface area contributed by atoms with Gasteiger partial charge in [0.15, 0.2) is 0 Å². The first-order valence-electron chi connectivity index (χ1n) is 17.2. The molecule has 2 aliphatic heterocycles. The molecule has 52 heavy (non-hydrogen) atoms. The van der Waals surface area contributed by atoms with E-state index in [9.17, 15) is 23.6 Å². The Morgan fingerprint density at radius 3 is 1.75 bits per heavy atom. The SMILES string of the molecule is CC(=O)N1CCC(N(C)C(=O)Nc2ccc(-c3cccc(F)c3)cn2)CC1.CN(C(=O)Nc1ccc(Br)cn1)C1CCN(C(=O)OC(C)(C)C)CC1. The van der Waals surface area contributed by atoms with Crippen molar-refractivity contribution in [3.05, 3.63) is 71.2 Å². The van der Waals surface area contributed by atoms with Crippen LogP contribution in [-0.2, 0) is 9.53 Å². The fraction of sp³-hybridized carbons (Fsp3) is 0.459. The number of hydrogen-bond acceptors (Lipinski definition) is 7. The van der Waals surface area contributed by atoms with Gasteiger partial charge in [-0.15, -0.1) is 0 Å². The molecule has 4 heterocycles. The lowest BCUT2D eigenvalue weighted by atomic mass is 10.0. The van der Waals surface area contributed by atoms with Gasteiger partial charge in [-0.2, -0.15) is 0 Å². The van der Waals surface area contributed by atoms with Crippen LogP contribution in [-0.4, -0.2) is 112 Å². The van der Waals surface area contributed by atoms with Crippen molar-refractivity contribution in [1.29, 1.82) is 0 Å². The van der Waals surface area contributed by atoms with Crippen LogP contribution in [0.3, 0.4) is 0 Å². The second kappa shape index (κ2) is 18.1. The summed E-state index contributed by atoms with van der Waals surface area (Å²) in [5.41, 5.74) is 1.01. The number of nitrogens with zero attached hydrogens (tertiary/aromatic N) is 6. The molecule has 2 N–H and O–H groups in total. The molecule has 2 saturated heterocycles. The number of urea groups is 2. The third kappa shape index (κ3) is 11.9. The van der Waals surface area contributed by atoms with Crippen molar-refractivity contribution in [3.8, 4) is 11.1 Å². The molecule has 2 fully saturated rings. The van der Waals surface area contributed by atoms with Crippen LogP contribution < -0.4 is 10.6 Å². The van der Waals surface area contributed by atoms with E-state index in [2.05, 4.69) is 36.5 Å². The van der Waals surface area contributed by atoms with Gasteiger partial charge in [0, 0.05) is 81.7 Å². The maximum atomic E-state index is 13.3. The Bertz CT molecular complexity index is 1670. The largest absolute Gasteiger partial charge is 0.444 e. The predicted molar refractivity (Wildman–Crippen MR) is 201 cm³/mol. The second-order valence-electron chi connectivity index (χ2n) is 13.8. The Balaban J connectivity index is 0.000000234. The van der Waals surface area contributed by atoms with E-state index >= 15 is 0 Å². The van der Waals surface area contributed by atoms with Crippen LogP contribution in [0.1, 0.15) is 53.4 Å². The summed E-state index contributed by atoms with van der Waals surface area (Å²) in [6.07, 6.45) is 5.90. The lowest BCUT2D eigenvalue weighted by molar-refractivity contribution is -0.130. The van der Waals surface area contributed by atoms with E-state index in [4.69, 9.17) is 4.74 Å². The van der Waals surface area contributed by atoms with Crippen molar-refractivity contribution >= 4 is 51.6 Å². The lowest BCUT2D eigenvalue weighted by Crippen LogP contribution is -2.49. The molecular formula is C37H48BrFN8O5. The molecular weight excluding hydrogens is 735 g/mol. The molecule has 15 heteroatoms. The molecule has 0 bridgehead atoms. The molecule has 6 amide bonds. The summed E-state index contributed by atoms with van der Waals surface area (Å²) in [7, 11) is 3.52. The summed E-state index contributed by atoms with van der Waals surface area (Å²) in [5.74, 6) is 0.713. The maximum Gasteiger partial charge on any atom is 0.410 e. The minimum absolute atomic E-state index is 0.0724. The normalized spacial score (nSPS) is 15.2. The second-order valence-corrected chi connectivity index (χ2v) is 14.7. The molecule has 0 saturated carbocycles. The van der Waals surface area contributed by atoms with Gasteiger partial charge >= 0.3 is 18.2 Å². The first kappa shape index (κ1) is 40.0. The lowest BCUT2D eigenvalue weighted by Gasteiger charge is -2.37. The summed E-state index contributed by atoms with van der Waals surface area (Å²) in [6.45, 7) is 9.61. The number of carbonyl (C=O) groups excluding carboxylic acids is 4. The van der Waals surface area contributed by atoms with Gasteiger partial charge in [-0.3, -0.25) is 15.4 Å². The first-order valence-corrected chi connectivity index (χ1v) is 18.0. The van der Waals surface area contributed by atoms with E-state index in [1.807, 2.05) is 26.8 Å². The number of nitrogens with one attached hydrogen (secondary N) is 2. The molecule has 0 radical (unpaired) electrons. The quantitative estimate of drug-likeness (QED) is 0.282. The zero-order valence-corrected chi connectivity index (χ0v) is 32.2. The number of rotatable bonds is 5. The van der Waals surface area contributed by atoms with Gasteiger partial charge in [-0.25, -0.2) is 28.7 Å². The van der Waals surface area contributed by atoms with E-state index in [1.165, 1.54) is 12.1 Å². The number of piperidine rings is 2. The number of anilines is 2. The molecule has 0 unspecified atom stereocenters. The van der Waals surface area contributed by atoms with E-state index in [1.54, 1.807) is 83.3 Å². The van der Waals surface area contributed by atoms with Gasteiger partial charge in [0.05, 0.1) is 0 Å². The van der Waals surface area contributed by atoms with Gasteiger partial charge in [0.2, 0.25) is 5.91 Å². The van der Waals surface area contributed by atoms with Crippen LogP contribution in [0.2, 0.25) is 0 Å². The van der Waals surface area contributed by atoms with Crippen molar-refractivity contribution in [1.82, 2.24) is 29.6 Å². The van der Waals surface area contributed by atoms with Gasteiger partial charge < -0.3 is 24.3 Å². The number of hydrogen-bond donors (Lipinski definition) is 2. The van der Waals surface area contributed by atoms with Gasteiger partial charge in [-0.1, -0.05) is 12.1 Å². The molecule has 2 aromatic heterocycles. The van der Waals surface area contributed by atoms with Crippen LogP contribution in [0.25, 0.3) is 11.1 Å². The number of likely N-dealkylation sites (tertiary alicyclic amines) is 2. The minimum atomic E-state index is -0.498. The molecule has 5 rings (SSSR count). The number of ether oxygens (including phenoxy) is 1. The Hall–Kier alpha value is -4.79. The van der Waals surface area contributed by atoms with E-state index in [0.717, 1.165) is 41.3 Å². The Morgan fingerprint density at radius 1 is 0.788 bits per heavy atom. The smallest absolute Gasteiger partial charge is 0.410 e. The van der Waals surface area contributed by atoms with E-state index in [0.29, 0.717) is 37.8 Å². The number of carbonyl (C=O) groups is 4. The standard InChI is InChI=1S/C20H23FN4O2.C17H25BrN4O3/c1-14(26)25-10-8-18(9-11-25)24(2)20(27)23-19-7-6-16(13-22-19)15-4-3-5-17(21)12-15;1-17(2,3)25-16(24)22-9-7-13(8-10-22)21(4)15(23)20-14-6-5-12(18)11-19-14/h3-7,12-13,18H,8-11H2,1-2H3,(H,22,23,27);5-6,11,13H,7-10H2,1-4H3,(H,19,20,23). The van der Waals surface area contributed by atoms with Gasteiger partial charge in [-0.05, 0) is 104 Å². The molecule has 280 valence electrons. The van der Waals surface area contributed by atoms with Crippen molar-refractivity contribution < 1.29 is 28.3 Å².